The lowest BCUT2D eigenvalue weighted by Crippen LogP contribution is -1.95. The van der Waals surface area contributed by atoms with Crippen LogP contribution in [0.5, 0.6) is 11.5 Å². The molecule has 21 heavy (non-hydrogen) atoms. The van der Waals surface area contributed by atoms with E-state index in [2.05, 4.69) is 0 Å². The van der Waals surface area contributed by atoms with E-state index >= 15 is 0 Å². The van der Waals surface area contributed by atoms with Crippen molar-refractivity contribution in [3.05, 3.63) is 52.1 Å². The minimum Gasteiger partial charge on any atom is -0.493 e. The highest BCUT2D eigenvalue weighted by atomic mass is 16.6. The fraction of sp³-hybridized carbons (Fsp3) is 0.133. The first kappa shape index (κ1) is 14.5. The lowest BCUT2D eigenvalue weighted by atomic mass is 10.0. The van der Waals surface area contributed by atoms with Gasteiger partial charge in [0.2, 0.25) is 0 Å². The van der Waals surface area contributed by atoms with E-state index in [0.717, 1.165) is 5.56 Å². The van der Waals surface area contributed by atoms with Crippen molar-refractivity contribution >= 4 is 12.0 Å². The molecule has 0 spiro atoms. The summed E-state index contributed by atoms with van der Waals surface area (Å²) in [6, 6.07) is 9.65. The molecule has 0 fully saturated rings. The summed E-state index contributed by atoms with van der Waals surface area (Å²) in [5.41, 5.74) is 1.17. The van der Waals surface area contributed by atoms with E-state index in [-0.39, 0.29) is 11.3 Å². The number of ether oxygens (including phenoxy) is 2. The quantitative estimate of drug-likeness (QED) is 0.479. The number of hydrogen-bond donors (Lipinski definition) is 0. The second-order valence-corrected chi connectivity index (χ2v) is 4.22. The first-order valence-electron chi connectivity index (χ1n) is 6.06. The first-order valence-corrected chi connectivity index (χ1v) is 6.06. The van der Waals surface area contributed by atoms with E-state index in [4.69, 9.17) is 9.47 Å². The van der Waals surface area contributed by atoms with Crippen molar-refractivity contribution in [2.24, 2.45) is 0 Å². The van der Waals surface area contributed by atoms with Crippen LogP contribution in [-0.4, -0.2) is 25.4 Å². The highest BCUT2D eigenvalue weighted by molar-refractivity contribution is 5.84. The van der Waals surface area contributed by atoms with Gasteiger partial charge in [-0.2, -0.15) is 0 Å². The van der Waals surface area contributed by atoms with Crippen LogP contribution in [0.15, 0.2) is 36.4 Å². The number of benzene rings is 2. The lowest BCUT2D eigenvalue weighted by Gasteiger charge is -2.10. The molecule has 2 aromatic carbocycles. The highest BCUT2D eigenvalue weighted by Crippen LogP contribution is 2.33. The fourth-order valence-corrected chi connectivity index (χ4v) is 2.00. The Bertz CT molecular complexity index is 696. The molecule has 0 atom stereocenters. The van der Waals surface area contributed by atoms with E-state index in [1.54, 1.807) is 24.3 Å². The largest absolute Gasteiger partial charge is 0.493 e. The average molecular weight is 287 g/mol. The maximum Gasteiger partial charge on any atom is 0.280 e. The molecule has 0 saturated heterocycles. The Hall–Kier alpha value is -2.89. The van der Waals surface area contributed by atoms with Crippen molar-refractivity contribution in [2.75, 3.05) is 14.2 Å². The Balaban J connectivity index is 2.54. The maximum absolute atomic E-state index is 11.0. The van der Waals surface area contributed by atoms with Gasteiger partial charge in [-0.3, -0.25) is 14.9 Å². The zero-order valence-electron chi connectivity index (χ0n) is 11.5. The number of nitro benzene ring substituents is 1. The van der Waals surface area contributed by atoms with Crippen LogP contribution in [0.1, 0.15) is 10.4 Å². The highest BCUT2D eigenvalue weighted by Gasteiger charge is 2.15. The summed E-state index contributed by atoms with van der Waals surface area (Å²) in [6.45, 7) is 0. The summed E-state index contributed by atoms with van der Waals surface area (Å²) in [4.78, 5) is 21.2. The molecular weight excluding hydrogens is 274 g/mol. The van der Waals surface area contributed by atoms with Gasteiger partial charge < -0.3 is 9.47 Å². The number of carbonyl (C=O) groups is 1. The first-order chi connectivity index (χ1) is 10.1. The Morgan fingerprint density at radius 2 is 1.62 bits per heavy atom. The van der Waals surface area contributed by atoms with Crippen LogP contribution < -0.4 is 9.47 Å². The van der Waals surface area contributed by atoms with E-state index < -0.39 is 4.92 Å². The summed E-state index contributed by atoms with van der Waals surface area (Å²) >= 11 is 0. The molecule has 0 aliphatic carbocycles. The van der Waals surface area contributed by atoms with Crippen LogP contribution in [0.2, 0.25) is 0 Å². The number of nitrogens with zero attached hydrogens (tertiary/aromatic N) is 1. The zero-order valence-corrected chi connectivity index (χ0v) is 11.5. The predicted octanol–water partition coefficient (Wildman–Crippen LogP) is 3.09. The van der Waals surface area contributed by atoms with Crippen LogP contribution in [0, 0.1) is 10.1 Å². The molecule has 0 amide bonds. The third kappa shape index (κ3) is 2.84. The zero-order chi connectivity index (χ0) is 15.4. The van der Waals surface area contributed by atoms with Crippen LogP contribution >= 0.6 is 0 Å². The summed E-state index contributed by atoms with van der Waals surface area (Å²) in [6.07, 6.45) is 0.469. The molecule has 0 heterocycles. The van der Waals surface area contributed by atoms with Crippen molar-refractivity contribution in [3.63, 3.8) is 0 Å². The SMILES string of the molecule is COc1ccc(-c2ccc(C=O)c([N+](=O)[O-])c2)cc1OC. The van der Waals surface area contributed by atoms with Gasteiger partial charge in [-0.1, -0.05) is 12.1 Å². The molecule has 2 rings (SSSR count). The van der Waals surface area contributed by atoms with Gasteiger partial charge in [0.25, 0.3) is 5.69 Å². The smallest absolute Gasteiger partial charge is 0.280 e. The Morgan fingerprint density at radius 3 is 2.19 bits per heavy atom. The standard InChI is InChI=1S/C15H13NO5/c1-20-14-6-5-11(8-15(14)21-2)10-3-4-12(9-17)13(7-10)16(18)19/h3-9H,1-2H3. The van der Waals surface area contributed by atoms with Gasteiger partial charge in [-0.25, -0.2) is 0 Å². The second kappa shape index (κ2) is 6.04. The van der Waals surface area contributed by atoms with Gasteiger partial charge in [-0.05, 0) is 29.3 Å². The summed E-state index contributed by atoms with van der Waals surface area (Å²) in [5, 5.41) is 11.0. The van der Waals surface area contributed by atoms with Gasteiger partial charge in [0.1, 0.15) is 0 Å². The molecule has 0 radical (unpaired) electrons. The molecule has 0 aromatic heterocycles. The fourth-order valence-electron chi connectivity index (χ4n) is 2.00. The predicted molar refractivity (Wildman–Crippen MR) is 77.0 cm³/mol. The van der Waals surface area contributed by atoms with Crippen molar-refractivity contribution < 1.29 is 19.2 Å². The number of nitro groups is 1. The molecule has 0 unspecified atom stereocenters. The molecule has 6 heteroatoms. The van der Waals surface area contributed by atoms with Crippen molar-refractivity contribution in [2.45, 2.75) is 0 Å². The van der Waals surface area contributed by atoms with Gasteiger partial charge in [0.05, 0.1) is 24.7 Å². The third-order valence-electron chi connectivity index (χ3n) is 3.07. The molecule has 0 bridgehead atoms. The molecule has 0 aliphatic heterocycles. The van der Waals surface area contributed by atoms with Crippen LogP contribution in [0.3, 0.4) is 0 Å². The molecule has 108 valence electrons. The number of methoxy groups -OCH3 is 2. The minimum atomic E-state index is -0.575. The topological polar surface area (TPSA) is 78.7 Å². The van der Waals surface area contributed by atoms with Crippen molar-refractivity contribution in [1.82, 2.24) is 0 Å². The maximum atomic E-state index is 11.0. The van der Waals surface area contributed by atoms with E-state index in [1.807, 2.05) is 0 Å². The average Bonchev–Trinajstić information content (AvgIpc) is 2.53. The molecule has 0 aliphatic rings. The van der Waals surface area contributed by atoms with Crippen molar-refractivity contribution in [3.8, 4) is 22.6 Å². The molecule has 0 N–H and O–H groups in total. The monoisotopic (exact) mass is 287 g/mol. The van der Waals surface area contributed by atoms with E-state index in [0.29, 0.717) is 23.3 Å². The van der Waals surface area contributed by atoms with E-state index in [1.165, 1.54) is 26.4 Å². The molecule has 2 aromatic rings. The lowest BCUT2D eigenvalue weighted by molar-refractivity contribution is -0.385. The van der Waals surface area contributed by atoms with E-state index in [9.17, 15) is 14.9 Å². The Morgan fingerprint density at radius 1 is 1.00 bits per heavy atom. The van der Waals surface area contributed by atoms with Crippen LogP contribution in [0.25, 0.3) is 11.1 Å². The third-order valence-corrected chi connectivity index (χ3v) is 3.07. The number of carbonyl (C=O) groups excluding carboxylic acids is 1. The van der Waals surface area contributed by atoms with Crippen LogP contribution in [-0.2, 0) is 0 Å². The molecular formula is C15H13NO5. The van der Waals surface area contributed by atoms with Crippen molar-refractivity contribution in [1.29, 1.82) is 0 Å². The molecule has 0 saturated carbocycles. The Kier molecular flexibility index (Phi) is 4.18. The minimum absolute atomic E-state index is 0.0456. The van der Waals surface area contributed by atoms with Crippen LogP contribution in [0.4, 0.5) is 5.69 Å². The number of hydrogen-bond acceptors (Lipinski definition) is 5. The van der Waals surface area contributed by atoms with Gasteiger partial charge >= 0.3 is 0 Å². The number of rotatable bonds is 5. The summed E-state index contributed by atoms with van der Waals surface area (Å²) < 4.78 is 10.4. The second-order valence-electron chi connectivity index (χ2n) is 4.22. The number of aldehydes is 1. The molecule has 6 nitrogen and oxygen atoms in total. The normalized spacial score (nSPS) is 10.0. The van der Waals surface area contributed by atoms with Gasteiger partial charge in [-0.15, -0.1) is 0 Å². The summed E-state index contributed by atoms with van der Waals surface area (Å²) in [7, 11) is 3.04. The van der Waals surface area contributed by atoms with Gasteiger partial charge in [0, 0.05) is 6.07 Å². The Labute approximate surface area is 121 Å². The van der Waals surface area contributed by atoms with Gasteiger partial charge in [0.15, 0.2) is 17.8 Å². The summed E-state index contributed by atoms with van der Waals surface area (Å²) in [5.74, 6) is 1.09.